The van der Waals surface area contributed by atoms with E-state index < -0.39 is 0 Å². The molecule has 1 aliphatic rings. The van der Waals surface area contributed by atoms with Crippen LogP contribution in [-0.4, -0.2) is 11.5 Å². The van der Waals surface area contributed by atoms with Crippen molar-refractivity contribution in [3.63, 3.8) is 0 Å². The molecule has 5 nitrogen and oxygen atoms in total. The maximum absolute atomic E-state index is 11.4. The average molecular weight is 340 g/mol. The van der Waals surface area contributed by atoms with Crippen molar-refractivity contribution in [3.05, 3.63) is 64.2 Å². The molecule has 2 aromatic rings. The van der Waals surface area contributed by atoms with Crippen LogP contribution in [0.2, 0.25) is 0 Å². The summed E-state index contributed by atoms with van der Waals surface area (Å²) in [6.07, 6.45) is 6.25. The molecule has 25 heavy (non-hydrogen) atoms. The Morgan fingerprint density at radius 3 is 2.56 bits per heavy atom. The zero-order valence-electron chi connectivity index (χ0n) is 14.3. The minimum absolute atomic E-state index is 0.0707. The van der Waals surface area contributed by atoms with Crippen LogP contribution in [-0.2, 0) is 6.61 Å². The van der Waals surface area contributed by atoms with Gasteiger partial charge in [-0.05, 0) is 36.5 Å². The second-order valence-corrected chi connectivity index (χ2v) is 6.60. The van der Waals surface area contributed by atoms with Crippen LogP contribution >= 0.6 is 0 Å². The standard InChI is InChI=1S/C20H24N2O3/c23-22(24)20-13-18(25-15-17-9-5-2-6-10-17)11-12-19(20)21-14-16-7-3-1-4-8-16/h2,5-6,9-13,16,21H,1,3-4,7-8,14-15H2. The lowest BCUT2D eigenvalue weighted by molar-refractivity contribution is -0.384. The summed E-state index contributed by atoms with van der Waals surface area (Å²) in [5, 5.41) is 14.7. The minimum atomic E-state index is -0.349. The number of nitro benzene ring substituents is 1. The first-order valence-electron chi connectivity index (χ1n) is 8.91. The highest BCUT2D eigenvalue weighted by Crippen LogP contribution is 2.31. The molecule has 2 aromatic carbocycles. The lowest BCUT2D eigenvalue weighted by atomic mass is 9.89. The lowest BCUT2D eigenvalue weighted by Gasteiger charge is -2.22. The number of hydrogen-bond acceptors (Lipinski definition) is 4. The largest absolute Gasteiger partial charge is 0.489 e. The quantitative estimate of drug-likeness (QED) is 0.558. The molecule has 0 amide bonds. The van der Waals surface area contributed by atoms with Gasteiger partial charge in [0.25, 0.3) is 5.69 Å². The number of hydrogen-bond donors (Lipinski definition) is 1. The summed E-state index contributed by atoms with van der Waals surface area (Å²) in [4.78, 5) is 11.1. The maximum Gasteiger partial charge on any atom is 0.296 e. The zero-order chi connectivity index (χ0) is 17.5. The molecule has 0 radical (unpaired) electrons. The first-order valence-corrected chi connectivity index (χ1v) is 8.91. The number of nitrogens with one attached hydrogen (secondary N) is 1. The molecule has 132 valence electrons. The van der Waals surface area contributed by atoms with Crippen molar-refractivity contribution < 1.29 is 9.66 Å². The number of ether oxygens (including phenoxy) is 1. The van der Waals surface area contributed by atoms with Gasteiger partial charge in [-0.3, -0.25) is 10.1 Å². The molecule has 3 rings (SSSR count). The van der Waals surface area contributed by atoms with Gasteiger partial charge in [0.15, 0.2) is 0 Å². The molecule has 0 heterocycles. The highest BCUT2D eigenvalue weighted by Gasteiger charge is 2.18. The number of benzene rings is 2. The third kappa shape index (κ3) is 4.95. The summed E-state index contributed by atoms with van der Waals surface area (Å²) in [7, 11) is 0. The van der Waals surface area contributed by atoms with Gasteiger partial charge in [-0.1, -0.05) is 49.6 Å². The molecule has 0 bridgehead atoms. The predicted octanol–water partition coefficient (Wildman–Crippen LogP) is 5.17. The number of nitro groups is 1. The van der Waals surface area contributed by atoms with Gasteiger partial charge in [-0.15, -0.1) is 0 Å². The van der Waals surface area contributed by atoms with E-state index in [2.05, 4.69) is 5.32 Å². The Balaban J connectivity index is 1.64. The molecule has 0 aliphatic heterocycles. The van der Waals surface area contributed by atoms with Crippen molar-refractivity contribution in [2.45, 2.75) is 38.7 Å². The van der Waals surface area contributed by atoms with Gasteiger partial charge in [0.2, 0.25) is 0 Å². The Kier molecular flexibility index (Phi) is 5.88. The van der Waals surface area contributed by atoms with Crippen molar-refractivity contribution >= 4 is 11.4 Å². The second kappa shape index (κ2) is 8.51. The van der Waals surface area contributed by atoms with Gasteiger partial charge >= 0.3 is 0 Å². The number of nitrogens with zero attached hydrogens (tertiary/aromatic N) is 1. The second-order valence-electron chi connectivity index (χ2n) is 6.60. The minimum Gasteiger partial charge on any atom is -0.489 e. The summed E-state index contributed by atoms with van der Waals surface area (Å²) >= 11 is 0. The van der Waals surface area contributed by atoms with Crippen LogP contribution in [0.25, 0.3) is 0 Å². The van der Waals surface area contributed by atoms with Crippen LogP contribution in [0.1, 0.15) is 37.7 Å². The molecule has 0 saturated heterocycles. The summed E-state index contributed by atoms with van der Waals surface area (Å²) in [6, 6.07) is 14.8. The fraction of sp³-hybridized carbons (Fsp3) is 0.400. The van der Waals surface area contributed by atoms with E-state index in [0.29, 0.717) is 24.0 Å². The van der Waals surface area contributed by atoms with E-state index in [1.165, 1.54) is 38.2 Å². The van der Waals surface area contributed by atoms with Crippen molar-refractivity contribution in [3.8, 4) is 5.75 Å². The van der Waals surface area contributed by atoms with E-state index in [1.54, 1.807) is 12.1 Å². The van der Waals surface area contributed by atoms with E-state index >= 15 is 0 Å². The fourth-order valence-corrected chi connectivity index (χ4v) is 3.29. The number of anilines is 1. The third-order valence-corrected chi connectivity index (χ3v) is 4.72. The smallest absolute Gasteiger partial charge is 0.296 e. The number of rotatable bonds is 7. The van der Waals surface area contributed by atoms with Crippen molar-refractivity contribution in [2.75, 3.05) is 11.9 Å². The monoisotopic (exact) mass is 340 g/mol. The van der Waals surface area contributed by atoms with Crippen molar-refractivity contribution in [2.24, 2.45) is 5.92 Å². The normalized spacial score (nSPS) is 14.9. The predicted molar refractivity (Wildman–Crippen MR) is 98.9 cm³/mol. The van der Waals surface area contributed by atoms with Crippen LogP contribution in [0.5, 0.6) is 5.75 Å². The first-order chi connectivity index (χ1) is 12.2. The molecule has 0 atom stereocenters. The molecule has 0 aromatic heterocycles. The molecular weight excluding hydrogens is 316 g/mol. The van der Waals surface area contributed by atoms with Gasteiger partial charge < -0.3 is 10.1 Å². The van der Waals surface area contributed by atoms with Gasteiger partial charge in [-0.2, -0.15) is 0 Å². The van der Waals surface area contributed by atoms with Gasteiger partial charge in [0.1, 0.15) is 18.0 Å². The molecule has 1 aliphatic carbocycles. The SMILES string of the molecule is O=[N+]([O-])c1cc(OCc2ccccc2)ccc1NCC1CCCCC1. The van der Waals surface area contributed by atoms with E-state index in [9.17, 15) is 10.1 Å². The Morgan fingerprint density at radius 2 is 1.84 bits per heavy atom. The lowest BCUT2D eigenvalue weighted by Crippen LogP contribution is -2.17. The summed E-state index contributed by atoms with van der Waals surface area (Å²) in [6.45, 7) is 1.19. The van der Waals surface area contributed by atoms with Crippen LogP contribution in [0, 0.1) is 16.0 Å². The highest BCUT2D eigenvalue weighted by atomic mass is 16.6. The van der Waals surface area contributed by atoms with Crippen LogP contribution in [0.15, 0.2) is 48.5 Å². The van der Waals surface area contributed by atoms with Crippen molar-refractivity contribution in [1.29, 1.82) is 0 Å². The topological polar surface area (TPSA) is 64.4 Å². The molecule has 5 heteroatoms. The summed E-state index contributed by atoms with van der Waals surface area (Å²) in [5.41, 5.74) is 1.67. The molecule has 0 unspecified atom stereocenters. The molecule has 1 saturated carbocycles. The van der Waals surface area contributed by atoms with E-state index in [4.69, 9.17) is 4.74 Å². The highest BCUT2D eigenvalue weighted by molar-refractivity contribution is 5.63. The molecule has 1 N–H and O–H groups in total. The van der Waals surface area contributed by atoms with Crippen LogP contribution in [0.3, 0.4) is 0 Å². The zero-order valence-corrected chi connectivity index (χ0v) is 14.3. The van der Waals surface area contributed by atoms with Crippen LogP contribution < -0.4 is 10.1 Å². The first kappa shape index (κ1) is 17.3. The summed E-state index contributed by atoms with van der Waals surface area (Å²) in [5.74, 6) is 1.13. The Bertz CT molecular complexity index is 697. The van der Waals surface area contributed by atoms with Gasteiger partial charge in [0.05, 0.1) is 11.0 Å². The summed E-state index contributed by atoms with van der Waals surface area (Å²) < 4.78 is 5.70. The van der Waals surface area contributed by atoms with Crippen molar-refractivity contribution in [1.82, 2.24) is 0 Å². The molecular formula is C20H24N2O3. The molecule has 0 spiro atoms. The van der Waals surface area contributed by atoms with Crippen LogP contribution in [0.4, 0.5) is 11.4 Å². The van der Waals surface area contributed by atoms with Gasteiger partial charge in [-0.25, -0.2) is 0 Å². The Hall–Kier alpha value is -2.56. The van der Waals surface area contributed by atoms with E-state index in [1.807, 2.05) is 30.3 Å². The molecule has 1 fully saturated rings. The Morgan fingerprint density at radius 1 is 1.08 bits per heavy atom. The maximum atomic E-state index is 11.4. The van der Waals surface area contributed by atoms with Gasteiger partial charge in [0, 0.05) is 6.54 Å². The Labute approximate surface area is 148 Å². The third-order valence-electron chi connectivity index (χ3n) is 4.72. The van der Waals surface area contributed by atoms with E-state index in [-0.39, 0.29) is 10.6 Å². The average Bonchev–Trinajstić information content (AvgIpc) is 2.66. The van der Waals surface area contributed by atoms with E-state index in [0.717, 1.165) is 12.1 Å². The fourth-order valence-electron chi connectivity index (χ4n) is 3.29.